The summed E-state index contributed by atoms with van der Waals surface area (Å²) in [7, 11) is 1.63. The zero-order valence-electron chi connectivity index (χ0n) is 23.3. The second-order valence-electron chi connectivity index (χ2n) is 11.7. The molecule has 1 atom stereocenters. The predicted molar refractivity (Wildman–Crippen MR) is 159 cm³/mol. The molecule has 0 saturated carbocycles. The van der Waals surface area contributed by atoms with E-state index < -0.39 is 5.60 Å². The van der Waals surface area contributed by atoms with Crippen molar-refractivity contribution in [2.24, 2.45) is 5.41 Å². The number of carbonyl (C=O) groups excluding carboxylic acids is 1. The molecule has 4 heterocycles. The molecule has 0 radical (unpaired) electrons. The van der Waals surface area contributed by atoms with Crippen LogP contribution in [0.15, 0.2) is 42.6 Å². The number of hydrogen-bond acceptors (Lipinski definition) is 7. The molecule has 2 aromatic heterocycles. The summed E-state index contributed by atoms with van der Waals surface area (Å²) in [4.78, 5) is 26.1. The predicted octanol–water partition coefficient (Wildman–Crippen LogP) is 6.54. The van der Waals surface area contributed by atoms with E-state index in [0.717, 1.165) is 50.1 Å². The van der Waals surface area contributed by atoms with Gasteiger partial charge in [0.15, 0.2) is 0 Å². The number of benzene rings is 1. The molecule has 1 spiro atoms. The van der Waals surface area contributed by atoms with Crippen LogP contribution in [0.1, 0.15) is 39.2 Å². The van der Waals surface area contributed by atoms with Crippen molar-refractivity contribution in [3.8, 4) is 28.4 Å². The summed E-state index contributed by atoms with van der Waals surface area (Å²) in [5, 5.41) is 0.851. The average molecular weight is 585 g/mol. The Hall–Kier alpha value is -3.07. The van der Waals surface area contributed by atoms with Crippen molar-refractivity contribution in [3.63, 3.8) is 0 Å². The number of nitrogens with two attached hydrogens (primary N) is 1. The van der Waals surface area contributed by atoms with Crippen LogP contribution in [0.2, 0.25) is 10.0 Å². The third-order valence-corrected chi connectivity index (χ3v) is 8.39. The van der Waals surface area contributed by atoms with Crippen LogP contribution in [0.5, 0.6) is 5.88 Å². The van der Waals surface area contributed by atoms with E-state index in [0.29, 0.717) is 45.1 Å². The highest BCUT2D eigenvalue weighted by molar-refractivity contribution is 6.38. The summed E-state index contributed by atoms with van der Waals surface area (Å²) in [6.45, 7) is 9.74. The van der Waals surface area contributed by atoms with Crippen molar-refractivity contribution in [3.05, 3.63) is 58.2 Å². The maximum atomic E-state index is 12.6. The molecule has 212 valence electrons. The zero-order chi connectivity index (χ0) is 28.7. The van der Waals surface area contributed by atoms with Gasteiger partial charge in [-0.2, -0.15) is 0 Å². The molecule has 0 bridgehead atoms. The molecule has 5 rings (SSSR count). The first kappa shape index (κ1) is 28.5. The second-order valence-corrected chi connectivity index (χ2v) is 12.5. The number of nitrogen functional groups attached to an aromatic ring is 1. The van der Waals surface area contributed by atoms with Gasteiger partial charge in [0.05, 0.1) is 34.2 Å². The lowest BCUT2D eigenvalue weighted by molar-refractivity contribution is 0.0274. The number of nitrogens with zero attached hydrogens (tertiary/aromatic N) is 4. The van der Waals surface area contributed by atoms with Crippen molar-refractivity contribution < 1.29 is 14.3 Å². The van der Waals surface area contributed by atoms with Gasteiger partial charge in [-0.1, -0.05) is 41.4 Å². The Bertz CT molecular complexity index is 1430. The summed E-state index contributed by atoms with van der Waals surface area (Å²) >= 11 is 13.3. The SMILES string of the molecule is COc1nc(-c2ccnc(-c3cccc(N)c3Cl)c2Cl)ccc1CN1CC[C@]2(CCN(C(=O)OC(C)(C)C)C2)C1. The number of carbonyl (C=O) groups is 1. The van der Waals surface area contributed by atoms with Crippen LogP contribution in [0.25, 0.3) is 22.5 Å². The van der Waals surface area contributed by atoms with Crippen molar-refractivity contribution in [2.45, 2.75) is 45.8 Å². The van der Waals surface area contributed by atoms with Gasteiger partial charge in [0.25, 0.3) is 0 Å². The third kappa shape index (κ3) is 5.85. The standard InChI is InChI=1S/C30H35Cl2N5O3/c1-29(2,3)40-28(38)37-15-12-30(18-37)11-14-36(17-30)16-19-8-9-23(35-27(19)39-4)20-10-13-34-26(25(20)32)21-6-5-7-22(33)24(21)31/h5-10,13H,11-12,14-18,33H2,1-4H3/t30-/m0/s1. The minimum Gasteiger partial charge on any atom is -0.481 e. The molecule has 2 N–H and O–H groups in total. The Balaban J connectivity index is 1.31. The Kier molecular flexibility index (Phi) is 7.88. The number of anilines is 1. The summed E-state index contributed by atoms with van der Waals surface area (Å²) < 4.78 is 11.3. The average Bonchev–Trinajstić information content (AvgIpc) is 3.51. The minimum absolute atomic E-state index is 0.0978. The monoisotopic (exact) mass is 583 g/mol. The van der Waals surface area contributed by atoms with Gasteiger partial charge in [0, 0.05) is 54.5 Å². The van der Waals surface area contributed by atoms with Gasteiger partial charge in [-0.05, 0) is 58.4 Å². The molecule has 10 heteroatoms. The van der Waals surface area contributed by atoms with E-state index in [1.807, 2.05) is 56.0 Å². The number of hydrogen-bond donors (Lipinski definition) is 1. The topological polar surface area (TPSA) is 93.8 Å². The highest BCUT2D eigenvalue weighted by atomic mass is 35.5. The zero-order valence-corrected chi connectivity index (χ0v) is 24.8. The van der Waals surface area contributed by atoms with Crippen LogP contribution in [-0.4, -0.2) is 64.8 Å². The molecular formula is C30H35Cl2N5O3. The summed E-state index contributed by atoms with van der Waals surface area (Å²) in [6, 6.07) is 11.2. The molecule has 0 aliphatic carbocycles. The molecule has 2 aliphatic rings. The second kappa shape index (κ2) is 11.1. The molecule has 2 aliphatic heterocycles. The quantitative estimate of drug-likeness (QED) is 0.341. The number of halogens is 2. The molecule has 8 nitrogen and oxygen atoms in total. The molecular weight excluding hydrogens is 549 g/mol. The number of ether oxygens (including phenoxy) is 2. The largest absolute Gasteiger partial charge is 0.481 e. The van der Waals surface area contributed by atoms with Gasteiger partial charge in [-0.15, -0.1) is 0 Å². The van der Waals surface area contributed by atoms with E-state index in [-0.39, 0.29) is 11.5 Å². The fourth-order valence-electron chi connectivity index (χ4n) is 5.63. The molecule has 1 amide bonds. The van der Waals surface area contributed by atoms with E-state index in [2.05, 4.69) is 9.88 Å². The molecule has 2 fully saturated rings. The fourth-order valence-corrected chi connectivity index (χ4v) is 6.16. The Morgan fingerprint density at radius 1 is 1.05 bits per heavy atom. The number of likely N-dealkylation sites (tertiary alicyclic amines) is 2. The van der Waals surface area contributed by atoms with Crippen LogP contribution in [0.3, 0.4) is 0 Å². The van der Waals surface area contributed by atoms with Crippen LogP contribution < -0.4 is 10.5 Å². The molecule has 3 aromatic rings. The molecule has 2 saturated heterocycles. The van der Waals surface area contributed by atoms with E-state index in [1.165, 1.54) is 0 Å². The van der Waals surface area contributed by atoms with E-state index in [1.54, 1.807) is 19.4 Å². The number of methoxy groups -OCH3 is 1. The van der Waals surface area contributed by atoms with Gasteiger partial charge in [-0.3, -0.25) is 9.88 Å². The van der Waals surface area contributed by atoms with Gasteiger partial charge in [-0.25, -0.2) is 9.78 Å². The van der Waals surface area contributed by atoms with Gasteiger partial charge >= 0.3 is 6.09 Å². The normalized spacial score (nSPS) is 19.4. The Morgan fingerprint density at radius 3 is 2.58 bits per heavy atom. The highest BCUT2D eigenvalue weighted by Crippen LogP contribution is 2.42. The van der Waals surface area contributed by atoms with E-state index in [4.69, 9.17) is 43.4 Å². The van der Waals surface area contributed by atoms with Crippen LogP contribution in [-0.2, 0) is 11.3 Å². The van der Waals surface area contributed by atoms with Crippen LogP contribution in [0.4, 0.5) is 10.5 Å². The number of pyridine rings is 2. The van der Waals surface area contributed by atoms with Gasteiger partial charge < -0.3 is 20.1 Å². The molecule has 40 heavy (non-hydrogen) atoms. The smallest absolute Gasteiger partial charge is 0.410 e. The Morgan fingerprint density at radius 2 is 1.82 bits per heavy atom. The molecule has 1 aromatic carbocycles. The van der Waals surface area contributed by atoms with Crippen molar-refractivity contribution >= 4 is 35.0 Å². The maximum absolute atomic E-state index is 12.6. The summed E-state index contributed by atoms with van der Waals surface area (Å²) in [6.07, 6.45) is 3.49. The van der Waals surface area contributed by atoms with Crippen molar-refractivity contribution in [1.82, 2.24) is 19.8 Å². The third-order valence-electron chi connectivity index (χ3n) is 7.58. The first-order chi connectivity index (χ1) is 19.0. The van der Waals surface area contributed by atoms with Crippen LogP contribution in [0, 0.1) is 5.41 Å². The number of amides is 1. The highest BCUT2D eigenvalue weighted by Gasteiger charge is 2.45. The number of aromatic nitrogens is 2. The summed E-state index contributed by atoms with van der Waals surface area (Å²) in [5.74, 6) is 0.552. The maximum Gasteiger partial charge on any atom is 0.410 e. The van der Waals surface area contributed by atoms with Crippen molar-refractivity contribution in [2.75, 3.05) is 39.0 Å². The lowest BCUT2D eigenvalue weighted by Gasteiger charge is -2.27. The van der Waals surface area contributed by atoms with Crippen LogP contribution >= 0.6 is 23.2 Å². The van der Waals surface area contributed by atoms with E-state index in [9.17, 15) is 4.79 Å². The lowest BCUT2D eigenvalue weighted by atomic mass is 9.86. The van der Waals surface area contributed by atoms with Gasteiger partial charge in [0.1, 0.15) is 5.60 Å². The van der Waals surface area contributed by atoms with Crippen molar-refractivity contribution in [1.29, 1.82) is 0 Å². The lowest BCUT2D eigenvalue weighted by Crippen LogP contribution is -2.37. The first-order valence-electron chi connectivity index (χ1n) is 13.4. The Labute approximate surface area is 245 Å². The number of rotatable bonds is 5. The fraction of sp³-hybridized carbons (Fsp3) is 0.433. The minimum atomic E-state index is -0.491. The summed E-state index contributed by atoms with van der Waals surface area (Å²) in [5.41, 5.74) is 9.67. The van der Waals surface area contributed by atoms with E-state index >= 15 is 0 Å². The van der Waals surface area contributed by atoms with Gasteiger partial charge in [0.2, 0.25) is 5.88 Å². The molecule has 0 unspecified atom stereocenters. The first-order valence-corrected chi connectivity index (χ1v) is 14.2.